The summed E-state index contributed by atoms with van der Waals surface area (Å²) in [4.78, 5) is 1.05. The molecule has 0 aliphatic rings. The molecule has 0 amide bonds. The average Bonchev–Trinajstić information content (AvgIpc) is 2.47. The summed E-state index contributed by atoms with van der Waals surface area (Å²) in [6.45, 7) is 1.99. The maximum Gasteiger partial charge on any atom is 0.289 e. The van der Waals surface area contributed by atoms with E-state index in [1.165, 1.54) is 0 Å². The lowest BCUT2D eigenvalue weighted by molar-refractivity contribution is 0.598. The summed E-state index contributed by atoms with van der Waals surface area (Å²) in [5.41, 5.74) is 1.12. The van der Waals surface area contributed by atoms with Crippen LogP contribution in [0.2, 0.25) is 0 Å². The van der Waals surface area contributed by atoms with Gasteiger partial charge in [-0.1, -0.05) is 35.9 Å². The van der Waals surface area contributed by atoms with Gasteiger partial charge in [-0.05, 0) is 38.2 Å². The van der Waals surface area contributed by atoms with E-state index >= 15 is 0 Å². The van der Waals surface area contributed by atoms with Crippen LogP contribution in [0.25, 0.3) is 0 Å². The smallest absolute Gasteiger partial charge is 0.253 e. The van der Waals surface area contributed by atoms with Crippen LogP contribution in [-0.4, -0.2) is 15.5 Å². The molecule has 0 heterocycles. The first-order valence-corrected chi connectivity index (χ1v) is 8.66. The predicted molar refractivity (Wildman–Crippen MR) is 81.9 cm³/mol. The van der Waals surface area contributed by atoms with Crippen LogP contribution in [0.3, 0.4) is 0 Å². The zero-order valence-electron chi connectivity index (χ0n) is 11.3. The third-order valence-corrected chi connectivity index (χ3v) is 6.01. The molecule has 0 saturated heterocycles. The van der Waals surface area contributed by atoms with Gasteiger partial charge >= 0.3 is 0 Å². The van der Waals surface area contributed by atoms with Crippen molar-refractivity contribution in [1.82, 2.24) is 4.72 Å². The summed E-state index contributed by atoms with van der Waals surface area (Å²) in [6.07, 6.45) is 0. The lowest BCUT2D eigenvalue weighted by Crippen LogP contribution is -2.13. The summed E-state index contributed by atoms with van der Waals surface area (Å²) >= 11 is 0. The van der Waals surface area contributed by atoms with Gasteiger partial charge in [-0.15, -0.1) is 3.77 Å². The second kappa shape index (κ2) is 6.30. The van der Waals surface area contributed by atoms with Gasteiger partial charge in [0.2, 0.25) is 0 Å². The van der Waals surface area contributed by atoms with Gasteiger partial charge in [0.25, 0.3) is 10.0 Å². The normalized spacial score (nSPS) is 13.3. The van der Waals surface area contributed by atoms with Crippen LogP contribution in [0.4, 0.5) is 0 Å². The van der Waals surface area contributed by atoms with E-state index in [4.69, 9.17) is 0 Å². The highest BCUT2D eigenvalue weighted by atomic mass is 32.3. The monoisotopic (exact) mass is 308 g/mol. The van der Waals surface area contributed by atoms with Crippen molar-refractivity contribution in [3.8, 4) is 0 Å². The van der Waals surface area contributed by atoms with Crippen LogP contribution in [0.15, 0.2) is 68.2 Å². The van der Waals surface area contributed by atoms with Gasteiger partial charge in [-0.3, -0.25) is 4.72 Å². The first-order chi connectivity index (χ1) is 9.53. The summed E-state index contributed by atoms with van der Waals surface area (Å²) < 4.78 is 31.4. The third-order valence-electron chi connectivity index (χ3n) is 2.65. The molecule has 20 heavy (non-hydrogen) atoms. The van der Waals surface area contributed by atoms with Gasteiger partial charge in [0.15, 0.2) is 0 Å². The lowest BCUT2D eigenvalue weighted by atomic mass is 10.2. The Labute approximate surface area is 122 Å². The van der Waals surface area contributed by atoms with Gasteiger partial charge in [0, 0.05) is 15.8 Å². The van der Waals surface area contributed by atoms with E-state index in [0.29, 0.717) is 0 Å². The van der Waals surface area contributed by atoms with Crippen LogP contribution in [-0.2, 0) is 20.9 Å². The summed E-state index contributed by atoms with van der Waals surface area (Å²) in [6, 6.07) is 15.9. The zero-order chi connectivity index (χ0) is 14.6. The van der Waals surface area contributed by atoms with Crippen molar-refractivity contribution in [2.24, 2.45) is 3.77 Å². The van der Waals surface area contributed by atoms with E-state index in [1.807, 2.05) is 31.2 Å². The molecule has 2 aromatic rings. The van der Waals surface area contributed by atoms with Crippen LogP contribution >= 0.6 is 0 Å². The molecule has 0 saturated carbocycles. The molecule has 0 radical (unpaired) electrons. The Morgan fingerprint density at radius 2 is 1.60 bits per heavy atom. The van der Waals surface area contributed by atoms with Crippen molar-refractivity contribution in [3.05, 3.63) is 60.2 Å². The van der Waals surface area contributed by atoms with E-state index in [9.17, 15) is 8.42 Å². The van der Waals surface area contributed by atoms with E-state index in [2.05, 4.69) is 8.49 Å². The molecule has 0 fully saturated rings. The summed E-state index contributed by atoms with van der Waals surface area (Å²) in [5, 5.41) is 0. The summed E-state index contributed by atoms with van der Waals surface area (Å²) in [7, 11) is -2.84. The quantitative estimate of drug-likeness (QED) is 0.944. The molecule has 0 unspecified atom stereocenters. The van der Waals surface area contributed by atoms with Crippen molar-refractivity contribution in [2.75, 3.05) is 7.05 Å². The minimum Gasteiger partial charge on any atom is -0.253 e. The van der Waals surface area contributed by atoms with Gasteiger partial charge in [0.1, 0.15) is 0 Å². The van der Waals surface area contributed by atoms with Crippen LogP contribution in [0, 0.1) is 6.92 Å². The SMILES string of the molecule is CN[S@](=NS(=O)(=O)c1ccccc1)c1ccc(C)cc1. The number of nitrogens with zero attached hydrogens (tertiary/aromatic N) is 1. The number of benzene rings is 2. The Kier molecular flexibility index (Phi) is 4.69. The molecule has 0 bridgehead atoms. The first kappa shape index (κ1) is 14.9. The second-order valence-corrected chi connectivity index (χ2v) is 7.63. The molecule has 0 spiro atoms. The van der Waals surface area contributed by atoms with Crippen molar-refractivity contribution >= 4 is 20.9 Å². The zero-order valence-corrected chi connectivity index (χ0v) is 12.9. The number of rotatable bonds is 4. The second-order valence-electron chi connectivity index (χ2n) is 4.16. The number of hydrogen-bond donors (Lipinski definition) is 1. The fraction of sp³-hybridized carbons (Fsp3) is 0.143. The first-order valence-electron chi connectivity index (χ1n) is 6.04. The number of aryl methyl sites for hydroxylation is 1. The van der Waals surface area contributed by atoms with E-state index < -0.39 is 20.9 Å². The van der Waals surface area contributed by atoms with Gasteiger partial charge in [0.05, 0.1) is 4.90 Å². The molecule has 2 aromatic carbocycles. The highest BCUT2D eigenvalue weighted by molar-refractivity contribution is 7.99. The van der Waals surface area contributed by atoms with Crippen molar-refractivity contribution < 1.29 is 8.42 Å². The standard InChI is InChI=1S/C14H16N2O2S2/c1-12-8-10-13(11-9-12)19(15-2)16-20(17,18)14-6-4-3-5-7-14/h3-11H,1-2H3,(H,15,16)/t19-/m1/s1. The highest BCUT2D eigenvalue weighted by Crippen LogP contribution is 2.16. The van der Waals surface area contributed by atoms with Crippen molar-refractivity contribution in [1.29, 1.82) is 0 Å². The molecule has 0 aliphatic carbocycles. The van der Waals surface area contributed by atoms with Crippen LogP contribution < -0.4 is 4.72 Å². The molecule has 4 nitrogen and oxygen atoms in total. The number of nitrogens with one attached hydrogen (secondary N) is 1. The fourth-order valence-electron chi connectivity index (χ4n) is 1.60. The summed E-state index contributed by atoms with van der Waals surface area (Å²) in [5.74, 6) is 0. The molecule has 0 aromatic heterocycles. The van der Waals surface area contributed by atoms with Crippen molar-refractivity contribution in [3.63, 3.8) is 0 Å². The largest absolute Gasteiger partial charge is 0.289 e. The van der Waals surface area contributed by atoms with Crippen molar-refractivity contribution in [2.45, 2.75) is 16.7 Å². The van der Waals surface area contributed by atoms with Gasteiger partial charge in [-0.25, -0.2) is 0 Å². The van der Waals surface area contributed by atoms with E-state index in [0.717, 1.165) is 10.5 Å². The highest BCUT2D eigenvalue weighted by Gasteiger charge is 2.13. The van der Waals surface area contributed by atoms with Crippen LogP contribution in [0.1, 0.15) is 5.56 Å². The van der Waals surface area contributed by atoms with Gasteiger partial charge < -0.3 is 0 Å². The third kappa shape index (κ3) is 3.53. The molecule has 106 valence electrons. The van der Waals surface area contributed by atoms with Crippen LogP contribution in [0.5, 0.6) is 0 Å². The molecular weight excluding hydrogens is 292 g/mol. The topological polar surface area (TPSA) is 58.5 Å². The maximum atomic E-state index is 12.2. The predicted octanol–water partition coefficient (Wildman–Crippen LogP) is 2.68. The Hall–Kier alpha value is -1.50. The minimum atomic E-state index is -3.66. The van der Waals surface area contributed by atoms with E-state index in [-0.39, 0.29) is 4.90 Å². The maximum absolute atomic E-state index is 12.2. The Morgan fingerprint density at radius 3 is 2.15 bits per heavy atom. The fourth-order valence-corrected chi connectivity index (χ4v) is 4.50. The molecule has 0 aliphatic heterocycles. The average molecular weight is 308 g/mol. The number of hydrogen-bond acceptors (Lipinski definition) is 2. The molecule has 1 N–H and O–H groups in total. The molecular formula is C14H16N2O2S2. The lowest BCUT2D eigenvalue weighted by Gasteiger charge is -2.07. The minimum absolute atomic E-state index is 0.208. The molecule has 6 heteroatoms. The Bertz CT molecular complexity index is 709. The molecule has 2 rings (SSSR count). The molecule has 1 atom stereocenters. The van der Waals surface area contributed by atoms with E-state index in [1.54, 1.807) is 37.4 Å². The van der Waals surface area contributed by atoms with Gasteiger partial charge in [-0.2, -0.15) is 8.42 Å². The Balaban J connectivity index is 2.43. The Morgan fingerprint density at radius 1 is 1.00 bits per heavy atom. The number of sulfonamides is 1.